The van der Waals surface area contributed by atoms with E-state index >= 15 is 0 Å². The fraction of sp³-hybridized carbons (Fsp3) is 0.143. The molecule has 0 aromatic heterocycles. The van der Waals surface area contributed by atoms with Crippen molar-refractivity contribution >= 4 is 5.69 Å². The first-order valence-corrected chi connectivity index (χ1v) is 5.97. The van der Waals surface area contributed by atoms with Crippen LogP contribution in [0.3, 0.4) is 0 Å². The predicted octanol–water partition coefficient (Wildman–Crippen LogP) is 2.73. The maximum Gasteiger partial charge on any atom is 0.274 e. The van der Waals surface area contributed by atoms with Crippen LogP contribution in [0.1, 0.15) is 11.1 Å². The number of hydrogen-bond acceptors (Lipinski definition) is 4. The zero-order valence-corrected chi connectivity index (χ0v) is 10.5. The van der Waals surface area contributed by atoms with Gasteiger partial charge in [-0.3, -0.25) is 10.1 Å². The first-order chi connectivity index (χ1) is 9.56. The highest BCUT2D eigenvalue weighted by Gasteiger charge is 2.13. The third-order valence-corrected chi connectivity index (χ3v) is 2.82. The second kappa shape index (κ2) is 6.12. The zero-order valence-electron chi connectivity index (χ0n) is 10.5. The van der Waals surface area contributed by atoms with Gasteiger partial charge in [0, 0.05) is 24.7 Å². The van der Waals surface area contributed by atoms with E-state index in [2.05, 4.69) is 5.32 Å². The van der Waals surface area contributed by atoms with Crippen LogP contribution in [0.15, 0.2) is 42.5 Å². The van der Waals surface area contributed by atoms with Crippen LogP contribution in [0.2, 0.25) is 0 Å². The summed E-state index contributed by atoms with van der Waals surface area (Å²) in [5.41, 5.74) is 1.11. The number of aromatic hydroxyl groups is 1. The molecule has 0 spiro atoms. The van der Waals surface area contributed by atoms with Crippen LogP contribution >= 0.6 is 0 Å². The van der Waals surface area contributed by atoms with Gasteiger partial charge in [0.05, 0.1) is 4.92 Å². The van der Waals surface area contributed by atoms with Crippen LogP contribution in [0.5, 0.6) is 5.75 Å². The van der Waals surface area contributed by atoms with Crippen molar-refractivity contribution < 1.29 is 14.4 Å². The highest BCUT2D eigenvalue weighted by Crippen LogP contribution is 2.19. The van der Waals surface area contributed by atoms with Crippen LogP contribution in [0.25, 0.3) is 0 Å². The molecule has 2 N–H and O–H groups in total. The average Bonchev–Trinajstić information content (AvgIpc) is 2.41. The van der Waals surface area contributed by atoms with Gasteiger partial charge in [0.15, 0.2) is 0 Å². The third kappa shape index (κ3) is 3.52. The van der Waals surface area contributed by atoms with E-state index in [0.717, 1.165) is 23.8 Å². The lowest BCUT2D eigenvalue weighted by atomic mass is 10.1. The Balaban J connectivity index is 2.02. The molecule has 0 amide bonds. The van der Waals surface area contributed by atoms with E-state index in [-0.39, 0.29) is 18.0 Å². The summed E-state index contributed by atoms with van der Waals surface area (Å²) in [6, 6.07) is 9.98. The molecular formula is C14H13FN2O3. The van der Waals surface area contributed by atoms with Crippen molar-refractivity contribution in [1.82, 2.24) is 5.32 Å². The highest BCUT2D eigenvalue weighted by molar-refractivity contribution is 5.40. The summed E-state index contributed by atoms with van der Waals surface area (Å²) in [7, 11) is 0. The summed E-state index contributed by atoms with van der Waals surface area (Å²) in [4.78, 5) is 10.3. The van der Waals surface area contributed by atoms with Gasteiger partial charge in [-0.1, -0.05) is 12.1 Å². The molecular weight excluding hydrogens is 263 g/mol. The van der Waals surface area contributed by atoms with E-state index in [1.54, 1.807) is 24.3 Å². The minimum atomic E-state index is -0.531. The molecule has 0 aliphatic rings. The first kappa shape index (κ1) is 14.0. The molecule has 0 fully saturated rings. The van der Waals surface area contributed by atoms with Gasteiger partial charge in [-0.25, -0.2) is 4.39 Å². The van der Waals surface area contributed by atoms with E-state index in [1.807, 2.05) is 0 Å². The quantitative estimate of drug-likeness (QED) is 0.650. The van der Waals surface area contributed by atoms with Crippen LogP contribution in [0.4, 0.5) is 10.1 Å². The van der Waals surface area contributed by atoms with E-state index < -0.39 is 10.7 Å². The van der Waals surface area contributed by atoms with Crippen molar-refractivity contribution in [3.05, 3.63) is 69.5 Å². The predicted molar refractivity (Wildman–Crippen MR) is 71.7 cm³/mol. The highest BCUT2D eigenvalue weighted by atomic mass is 19.1. The lowest BCUT2D eigenvalue weighted by Gasteiger charge is -2.06. The third-order valence-electron chi connectivity index (χ3n) is 2.82. The molecule has 0 bridgehead atoms. The van der Waals surface area contributed by atoms with Gasteiger partial charge < -0.3 is 10.4 Å². The second-order valence-corrected chi connectivity index (χ2v) is 4.30. The number of phenols is 1. The maximum absolute atomic E-state index is 13.1. The largest absolute Gasteiger partial charge is 0.508 e. The Kier molecular flexibility index (Phi) is 4.27. The van der Waals surface area contributed by atoms with Gasteiger partial charge in [-0.2, -0.15) is 0 Å². The number of nitro groups is 1. The molecule has 0 radical (unpaired) electrons. The standard InChI is InChI=1S/C14H13FN2O3/c15-12-3-6-14(17(19)20)11(7-12)9-16-8-10-1-4-13(18)5-2-10/h1-7,16,18H,8-9H2. The van der Waals surface area contributed by atoms with E-state index in [9.17, 15) is 14.5 Å². The van der Waals surface area contributed by atoms with Gasteiger partial charge in [-0.15, -0.1) is 0 Å². The normalized spacial score (nSPS) is 10.4. The molecule has 20 heavy (non-hydrogen) atoms. The number of nitro benzene ring substituents is 1. The smallest absolute Gasteiger partial charge is 0.274 e. The number of halogens is 1. The number of nitrogens with zero attached hydrogens (tertiary/aromatic N) is 1. The van der Waals surface area contributed by atoms with E-state index in [4.69, 9.17) is 5.11 Å². The van der Waals surface area contributed by atoms with E-state index in [0.29, 0.717) is 12.1 Å². The van der Waals surface area contributed by atoms with Crippen LogP contribution in [-0.4, -0.2) is 10.0 Å². The molecule has 0 atom stereocenters. The summed E-state index contributed by atoms with van der Waals surface area (Å²) in [5.74, 6) is -0.327. The van der Waals surface area contributed by atoms with Gasteiger partial charge >= 0.3 is 0 Å². The molecule has 0 unspecified atom stereocenters. The van der Waals surface area contributed by atoms with Crippen molar-refractivity contribution in [2.24, 2.45) is 0 Å². The van der Waals surface area contributed by atoms with Gasteiger partial charge in [0.25, 0.3) is 5.69 Å². The number of phenolic OH excluding ortho intramolecular Hbond substituents is 1. The van der Waals surface area contributed by atoms with Crippen LogP contribution in [0, 0.1) is 15.9 Å². The molecule has 104 valence electrons. The molecule has 0 saturated carbocycles. The Labute approximate surface area is 114 Å². The van der Waals surface area contributed by atoms with Gasteiger partial charge in [0.1, 0.15) is 11.6 Å². The SMILES string of the molecule is O=[N+]([O-])c1ccc(F)cc1CNCc1ccc(O)cc1. The summed E-state index contributed by atoms with van der Waals surface area (Å²) < 4.78 is 13.1. The number of rotatable bonds is 5. The summed E-state index contributed by atoms with van der Waals surface area (Å²) in [6.07, 6.45) is 0. The number of hydrogen-bond donors (Lipinski definition) is 2. The van der Waals surface area contributed by atoms with Crippen LogP contribution in [-0.2, 0) is 13.1 Å². The first-order valence-electron chi connectivity index (χ1n) is 5.97. The average molecular weight is 276 g/mol. The van der Waals surface area contributed by atoms with Crippen molar-refractivity contribution in [1.29, 1.82) is 0 Å². The van der Waals surface area contributed by atoms with Crippen molar-refractivity contribution in [3.8, 4) is 5.75 Å². The van der Waals surface area contributed by atoms with Crippen molar-refractivity contribution in [3.63, 3.8) is 0 Å². The lowest BCUT2D eigenvalue weighted by Crippen LogP contribution is -2.14. The summed E-state index contributed by atoms with van der Waals surface area (Å²) >= 11 is 0. The Bertz CT molecular complexity index is 614. The van der Waals surface area contributed by atoms with Gasteiger partial charge in [0.2, 0.25) is 0 Å². The van der Waals surface area contributed by atoms with E-state index in [1.165, 1.54) is 0 Å². The lowest BCUT2D eigenvalue weighted by molar-refractivity contribution is -0.385. The molecule has 6 heteroatoms. The Morgan fingerprint density at radius 3 is 2.50 bits per heavy atom. The van der Waals surface area contributed by atoms with Gasteiger partial charge in [-0.05, 0) is 29.8 Å². The molecule has 0 aliphatic carbocycles. The maximum atomic E-state index is 13.1. The minimum Gasteiger partial charge on any atom is -0.508 e. The molecule has 2 aromatic rings. The summed E-state index contributed by atoms with van der Waals surface area (Å²) in [6.45, 7) is 0.656. The Hall–Kier alpha value is -2.47. The fourth-order valence-electron chi connectivity index (χ4n) is 1.83. The molecule has 2 aromatic carbocycles. The minimum absolute atomic E-state index is 0.107. The monoisotopic (exact) mass is 276 g/mol. The second-order valence-electron chi connectivity index (χ2n) is 4.30. The molecule has 0 saturated heterocycles. The Morgan fingerprint density at radius 1 is 1.15 bits per heavy atom. The Morgan fingerprint density at radius 2 is 1.85 bits per heavy atom. The number of nitrogens with one attached hydrogen (secondary N) is 1. The molecule has 0 aliphatic heterocycles. The van der Waals surface area contributed by atoms with Crippen LogP contribution < -0.4 is 5.32 Å². The van der Waals surface area contributed by atoms with Crippen molar-refractivity contribution in [2.75, 3.05) is 0 Å². The molecule has 0 heterocycles. The molecule has 5 nitrogen and oxygen atoms in total. The zero-order chi connectivity index (χ0) is 14.5. The topological polar surface area (TPSA) is 75.4 Å². The van der Waals surface area contributed by atoms with Crippen molar-refractivity contribution in [2.45, 2.75) is 13.1 Å². The summed E-state index contributed by atoms with van der Waals surface area (Å²) in [5, 5.41) is 23.0. The molecule has 2 rings (SSSR count). The fourth-order valence-corrected chi connectivity index (χ4v) is 1.83. The number of benzene rings is 2.